The lowest BCUT2D eigenvalue weighted by atomic mass is 10.5. The average Bonchev–Trinajstić information content (AvgIpc) is 2.31. The van der Waals surface area contributed by atoms with Gasteiger partial charge in [0.15, 0.2) is 0 Å². The lowest BCUT2D eigenvalue weighted by Crippen LogP contribution is -1.95. The van der Waals surface area contributed by atoms with Crippen molar-refractivity contribution in [3.63, 3.8) is 0 Å². The highest BCUT2D eigenvalue weighted by molar-refractivity contribution is 7.99. The standard InChI is InChI=1S/C10H10N4S/c1-11-10-13-7-4-9(14-10)15-8-2-5-12-6-3-8/h2-7H,1H3,(H,11,13,14). The van der Waals surface area contributed by atoms with Crippen LogP contribution in [0.1, 0.15) is 0 Å². The lowest BCUT2D eigenvalue weighted by Gasteiger charge is -2.01. The van der Waals surface area contributed by atoms with Crippen LogP contribution >= 0.6 is 11.8 Å². The molecule has 2 aromatic rings. The molecule has 4 nitrogen and oxygen atoms in total. The molecule has 1 N–H and O–H groups in total. The van der Waals surface area contributed by atoms with Crippen molar-refractivity contribution in [1.29, 1.82) is 0 Å². The summed E-state index contributed by atoms with van der Waals surface area (Å²) in [6.45, 7) is 0. The van der Waals surface area contributed by atoms with Gasteiger partial charge in [-0.3, -0.25) is 4.98 Å². The van der Waals surface area contributed by atoms with Gasteiger partial charge in [0.05, 0.1) is 0 Å². The van der Waals surface area contributed by atoms with Crippen molar-refractivity contribution in [2.75, 3.05) is 12.4 Å². The number of aromatic nitrogens is 3. The van der Waals surface area contributed by atoms with Crippen LogP contribution in [-0.4, -0.2) is 22.0 Å². The highest BCUT2D eigenvalue weighted by atomic mass is 32.2. The average molecular weight is 218 g/mol. The first-order chi connectivity index (χ1) is 7.38. The Kier molecular flexibility index (Phi) is 3.14. The van der Waals surface area contributed by atoms with E-state index in [0.717, 1.165) is 9.92 Å². The Balaban J connectivity index is 2.17. The highest BCUT2D eigenvalue weighted by Crippen LogP contribution is 2.25. The van der Waals surface area contributed by atoms with Crippen LogP contribution in [0.15, 0.2) is 46.7 Å². The number of nitrogens with one attached hydrogen (secondary N) is 1. The Hall–Kier alpha value is -1.62. The Bertz CT molecular complexity index is 432. The Morgan fingerprint density at radius 3 is 2.67 bits per heavy atom. The molecule has 0 saturated carbocycles. The third-order valence-electron chi connectivity index (χ3n) is 1.73. The Labute approximate surface area is 92.2 Å². The molecule has 0 aliphatic rings. The maximum atomic E-state index is 4.31. The van der Waals surface area contributed by atoms with Gasteiger partial charge >= 0.3 is 0 Å². The van der Waals surface area contributed by atoms with E-state index in [4.69, 9.17) is 0 Å². The van der Waals surface area contributed by atoms with Gasteiger partial charge in [-0.05, 0) is 18.2 Å². The van der Waals surface area contributed by atoms with Gasteiger partial charge in [-0.25, -0.2) is 9.97 Å². The maximum Gasteiger partial charge on any atom is 0.223 e. The molecule has 0 spiro atoms. The number of rotatable bonds is 3. The summed E-state index contributed by atoms with van der Waals surface area (Å²) in [5.41, 5.74) is 0. The van der Waals surface area contributed by atoms with Gasteiger partial charge in [-0.1, -0.05) is 11.8 Å². The van der Waals surface area contributed by atoms with Gasteiger partial charge in [-0.15, -0.1) is 0 Å². The van der Waals surface area contributed by atoms with E-state index in [2.05, 4.69) is 20.3 Å². The molecule has 2 heterocycles. The zero-order valence-electron chi connectivity index (χ0n) is 8.21. The quantitative estimate of drug-likeness (QED) is 0.799. The van der Waals surface area contributed by atoms with Crippen LogP contribution in [0.25, 0.3) is 0 Å². The number of hydrogen-bond acceptors (Lipinski definition) is 5. The second kappa shape index (κ2) is 4.75. The molecule has 0 saturated heterocycles. The van der Waals surface area contributed by atoms with Gasteiger partial charge in [0.1, 0.15) is 5.03 Å². The third kappa shape index (κ3) is 2.66. The lowest BCUT2D eigenvalue weighted by molar-refractivity contribution is 1.04. The first kappa shape index (κ1) is 9.92. The Morgan fingerprint density at radius 1 is 1.13 bits per heavy atom. The van der Waals surface area contributed by atoms with Crippen molar-refractivity contribution in [3.05, 3.63) is 36.8 Å². The minimum atomic E-state index is 0.633. The van der Waals surface area contributed by atoms with Crippen LogP contribution in [0.3, 0.4) is 0 Å². The molecule has 0 fully saturated rings. The summed E-state index contributed by atoms with van der Waals surface area (Å²) in [7, 11) is 1.80. The number of hydrogen-bond donors (Lipinski definition) is 1. The minimum Gasteiger partial charge on any atom is -0.357 e. The first-order valence-electron chi connectivity index (χ1n) is 4.47. The fourth-order valence-electron chi connectivity index (χ4n) is 1.05. The second-order valence-electron chi connectivity index (χ2n) is 2.75. The summed E-state index contributed by atoms with van der Waals surface area (Å²) in [5.74, 6) is 0.633. The third-order valence-corrected chi connectivity index (χ3v) is 2.67. The van der Waals surface area contributed by atoms with Gasteiger partial charge in [-0.2, -0.15) is 0 Å². The minimum absolute atomic E-state index is 0.633. The summed E-state index contributed by atoms with van der Waals surface area (Å²) in [6, 6.07) is 5.78. The van der Waals surface area contributed by atoms with E-state index in [-0.39, 0.29) is 0 Å². The molecule has 0 bridgehead atoms. The SMILES string of the molecule is CNc1nccc(Sc2ccncc2)n1. The summed E-state index contributed by atoms with van der Waals surface area (Å²) in [4.78, 5) is 13.4. The molecule has 0 amide bonds. The van der Waals surface area contributed by atoms with E-state index in [1.54, 1.807) is 37.4 Å². The summed E-state index contributed by atoms with van der Waals surface area (Å²) < 4.78 is 0. The molecule has 2 aromatic heterocycles. The molecular weight excluding hydrogens is 208 g/mol. The Morgan fingerprint density at radius 2 is 1.93 bits per heavy atom. The van der Waals surface area contributed by atoms with Crippen LogP contribution in [0.4, 0.5) is 5.95 Å². The largest absolute Gasteiger partial charge is 0.357 e. The van der Waals surface area contributed by atoms with Crippen LogP contribution < -0.4 is 5.32 Å². The zero-order valence-corrected chi connectivity index (χ0v) is 9.03. The molecule has 0 radical (unpaired) electrons. The second-order valence-corrected chi connectivity index (χ2v) is 3.85. The fraction of sp³-hybridized carbons (Fsp3) is 0.100. The molecule has 0 aliphatic heterocycles. The van der Waals surface area contributed by atoms with E-state index in [9.17, 15) is 0 Å². The summed E-state index contributed by atoms with van der Waals surface area (Å²) in [6.07, 6.45) is 5.27. The summed E-state index contributed by atoms with van der Waals surface area (Å²) in [5, 5.41) is 3.82. The fourth-order valence-corrected chi connectivity index (χ4v) is 1.81. The van der Waals surface area contributed by atoms with Gasteiger partial charge in [0.2, 0.25) is 5.95 Å². The monoisotopic (exact) mass is 218 g/mol. The molecular formula is C10H10N4S. The van der Waals surface area contributed by atoms with Crippen LogP contribution in [0.2, 0.25) is 0 Å². The number of pyridine rings is 1. The topological polar surface area (TPSA) is 50.7 Å². The maximum absolute atomic E-state index is 4.31. The highest BCUT2D eigenvalue weighted by Gasteiger charge is 1.99. The van der Waals surface area contributed by atoms with Crippen molar-refractivity contribution in [1.82, 2.24) is 15.0 Å². The predicted octanol–water partition coefficient (Wildman–Crippen LogP) is 2.06. The van der Waals surface area contributed by atoms with E-state index in [0.29, 0.717) is 5.95 Å². The molecule has 0 aliphatic carbocycles. The van der Waals surface area contributed by atoms with Crippen LogP contribution in [-0.2, 0) is 0 Å². The molecule has 15 heavy (non-hydrogen) atoms. The number of anilines is 1. The zero-order chi connectivity index (χ0) is 10.5. The smallest absolute Gasteiger partial charge is 0.223 e. The molecule has 2 rings (SSSR count). The van der Waals surface area contributed by atoms with Crippen molar-refractivity contribution in [2.24, 2.45) is 0 Å². The van der Waals surface area contributed by atoms with E-state index >= 15 is 0 Å². The number of nitrogens with zero attached hydrogens (tertiary/aromatic N) is 3. The van der Waals surface area contributed by atoms with E-state index in [1.165, 1.54) is 0 Å². The molecule has 5 heteroatoms. The van der Waals surface area contributed by atoms with E-state index in [1.807, 2.05) is 18.2 Å². The summed E-state index contributed by atoms with van der Waals surface area (Å²) >= 11 is 1.59. The van der Waals surface area contributed by atoms with Crippen LogP contribution in [0, 0.1) is 0 Å². The van der Waals surface area contributed by atoms with E-state index < -0.39 is 0 Å². The first-order valence-corrected chi connectivity index (χ1v) is 5.29. The normalized spacial score (nSPS) is 9.93. The van der Waals surface area contributed by atoms with Gasteiger partial charge in [0.25, 0.3) is 0 Å². The molecule has 0 unspecified atom stereocenters. The van der Waals surface area contributed by atoms with Gasteiger partial charge in [0, 0.05) is 30.5 Å². The van der Waals surface area contributed by atoms with Crippen molar-refractivity contribution in [3.8, 4) is 0 Å². The van der Waals surface area contributed by atoms with Crippen molar-refractivity contribution >= 4 is 17.7 Å². The predicted molar refractivity (Wildman–Crippen MR) is 59.9 cm³/mol. The van der Waals surface area contributed by atoms with Gasteiger partial charge < -0.3 is 5.32 Å². The van der Waals surface area contributed by atoms with Crippen LogP contribution in [0.5, 0.6) is 0 Å². The molecule has 76 valence electrons. The molecule has 0 atom stereocenters. The van der Waals surface area contributed by atoms with Crippen molar-refractivity contribution < 1.29 is 0 Å². The van der Waals surface area contributed by atoms with Crippen molar-refractivity contribution in [2.45, 2.75) is 9.92 Å². The molecule has 0 aromatic carbocycles.